The lowest BCUT2D eigenvalue weighted by Gasteiger charge is -2.22. The number of H-pyrrole nitrogens is 3. The van der Waals surface area contributed by atoms with Crippen molar-refractivity contribution in [1.82, 2.24) is 30.9 Å². The van der Waals surface area contributed by atoms with Gasteiger partial charge in [-0.2, -0.15) is 0 Å². The molecule has 9 rings (SSSR count). The monoisotopic (exact) mass is 1440 g/mol. The summed E-state index contributed by atoms with van der Waals surface area (Å²) in [5.41, 5.74) is 24.7. The normalized spacial score (nSPS) is 12.8. The molecule has 21 nitrogen and oxygen atoms in total. The van der Waals surface area contributed by atoms with Crippen LogP contribution in [0, 0.1) is 20.8 Å². The zero-order chi connectivity index (χ0) is 74.3. The van der Waals surface area contributed by atoms with Crippen molar-refractivity contribution in [2.75, 3.05) is 35.6 Å². The van der Waals surface area contributed by atoms with E-state index in [1.807, 2.05) is 0 Å². The average Bonchev–Trinajstić information content (AvgIpc) is 1.74. The highest BCUT2D eigenvalue weighted by atomic mass is 19.4. The van der Waals surface area contributed by atoms with Gasteiger partial charge in [0, 0.05) is 72.8 Å². The average molecular weight is 1440 g/mol. The maximum Gasteiger partial charge on any atom is 0.573 e. The van der Waals surface area contributed by atoms with Gasteiger partial charge < -0.3 is 78.3 Å². The van der Waals surface area contributed by atoms with Crippen molar-refractivity contribution in [2.24, 2.45) is 17.2 Å². The Hall–Kier alpha value is -10.6. The molecule has 6 aromatic carbocycles. The molecule has 0 aliphatic heterocycles. The number of carbonyl (C=O) groups is 6. The first-order valence-electron chi connectivity index (χ1n) is 33.2. The molecule has 0 saturated carbocycles. The van der Waals surface area contributed by atoms with Crippen molar-refractivity contribution in [1.29, 1.82) is 0 Å². The molecule has 0 unspecified atom stereocenters. The van der Waals surface area contributed by atoms with Crippen LogP contribution in [0.5, 0.6) is 17.2 Å². The van der Waals surface area contributed by atoms with E-state index >= 15 is 0 Å². The van der Waals surface area contributed by atoms with Crippen molar-refractivity contribution < 1.29 is 82.5 Å². The van der Waals surface area contributed by atoms with Crippen LogP contribution in [0.1, 0.15) is 114 Å². The Balaban J connectivity index is 0.949. The van der Waals surface area contributed by atoms with Crippen LogP contribution in [-0.2, 0) is 48.0 Å². The highest BCUT2D eigenvalue weighted by Crippen LogP contribution is 2.37. The Morgan fingerprint density at radius 1 is 0.379 bits per heavy atom. The summed E-state index contributed by atoms with van der Waals surface area (Å²) in [6, 6.07) is 28.6. The van der Waals surface area contributed by atoms with Crippen LogP contribution in [0.15, 0.2) is 127 Å². The molecule has 0 spiro atoms. The van der Waals surface area contributed by atoms with Gasteiger partial charge in [0.05, 0.1) is 19.3 Å². The first-order valence-corrected chi connectivity index (χ1v) is 33.2. The molecule has 30 heteroatoms. The van der Waals surface area contributed by atoms with Gasteiger partial charge in [0.15, 0.2) is 0 Å². The molecule has 3 heterocycles. The number of ether oxygens (including phenoxy) is 3. The summed E-state index contributed by atoms with van der Waals surface area (Å²) in [5.74, 6) is -5.43. The first kappa shape index (κ1) is 76.6. The van der Waals surface area contributed by atoms with Crippen LogP contribution in [0.4, 0.5) is 56.6 Å². The predicted molar refractivity (Wildman–Crippen MR) is 371 cm³/mol. The minimum atomic E-state index is -4.95. The van der Waals surface area contributed by atoms with Crippen molar-refractivity contribution >= 4 is 85.2 Å². The van der Waals surface area contributed by atoms with E-state index in [-0.39, 0.29) is 38.5 Å². The third-order valence-corrected chi connectivity index (χ3v) is 17.3. The lowest BCUT2D eigenvalue weighted by atomic mass is 9.85. The smallest absolute Gasteiger partial charge is 0.406 e. The molecular weight excluding hydrogens is 1360 g/mol. The lowest BCUT2D eigenvalue weighted by molar-refractivity contribution is -0.275. The Morgan fingerprint density at radius 3 is 0.864 bits per heavy atom. The van der Waals surface area contributed by atoms with Gasteiger partial charge in [0.2, 0.25) is 35.4 Å². The Morgan fingerprint density at radius 2 is 0.631 bits per heavy atom. The number of carbonyl (C=O) groups excluding carboxylic acids is 6. The summed E-state index contributed by atoms with van der Waals surface area (Å²) in [6.45, 7) is 5.95. The lowest BCUT2D eigenvalue weighted by Crippen LogP contribution is -2.44. The number of amides is 6. The van der Waals surface area contributed by atoms with Crippen LogP contribution in [0.3, 0.4) is 0 Å². The molecule has 0 aliphatic rings. The number of nitrogens with two attached hydrogens (primary N) is 3. The van der Waals surface area contributed by atoms with Gasteiger partial charge in [0.25, 0.3) is 0 Å². The van der Waals surface area contributed by atoms with E-state index in [0.29, 0.717) is 158 Å². The highest BCUT2D eigenvalue weighted by Gasteiger charge is 2.35. The number of benzene rings is 6. The molecule has 0 aliphatic carbocycles. The summed E-state index contributed by atoms with van der Waals surface area (Å²) < 4.78 is 131. The number of hydrogen-bond acceptors (Lipinski definition) is 12. The largest absolute Gasteiger partial charge is 0.573 e. The minimum absolute atomic E-state index is 0.190. The second kappa shape index (κ2) is 33.9. The molecule has 0 radical (unpaired) electrons. The summed E-state index contributed by atoms with van der Waals surface area (Å²) in [5, 5.41) is 18.1. The second-order valence-corrected chi connectivity index (χ2v) is 25.0. The van der Waals surface area contributed by atoms with Gasteiger partial charge in [-0.15, -0.1) is 39.5 Å². The van der Waals surface area contributed by atoms with Gasteiger partial charge in [0.1, 0.15) is 35.4 Å². The predicted octanol–water partition coefficient (Wildman–Crippen LogP) is 12.3. The van der Waals surface area contributed by atoms with Gasteiger partial charge in [-0.3, -0.25) is 28.8 Å². The van der Waals surface area contributed by atoms with Crippen LogP contribution < -0.4 is 63.3 Å². The second-order valence-electron chi connectivity index (χ2n) is 25.0. The number of aryl methyl sites for hydroxylation is 3. The van der Waals surface area contributed by atoms with Gasteiger partial charge >= 0.3 is 19.1 Å². The molecule has 103 heavy (non-hydrogen) atoms. The Kier molecular flexibility index (Phi) is 25.2. The number of anilines is 3. The molecule has 6 amide bonds. The van der Waals surface area contributed by atoms with Gasteiger partial charge in [-0.25, -0.2) is 0 Å². The summed E-state index contributed by atoms with van der Waals surface area (Å²) in [7, 11) is 0. The van der Waals surface area contributed by atoms with Crippen LogP contribution >= 0.6 is 0 Å². The fourth-order valence-corrected chi connectivity index (χ4v) is 12.4. The molecule has 3 aromatic heterocycles. The number of rotatable bonds is 33. The van der Waals surface area contributed by atoms with Crippen molar-refractivity contribution in [2.45, 2.75) is 141 Å². The molecule has 3 atom stereocenters. The fourth-order valence-electron chi connectivity index (χ4n) is 12.4. The van der Waals surface area contributed by atoms with E-state index in [1.54, 1.807) is 93.6 Å². The minimum Gasteiger partial charge on any atom is -0.406 e. The van der Waals surface area contributed by atoms with Crippen molar-refractivity contribution in [3.63, 3.8) is 0 Å². The number of nitrogens with one attached hydrogen (secondary N) is 9. The fraction of sp³-hybridized carbons (Fsp3) is 0.342. The zero-order valence-electron chi connectivity index (χ0n) is 56.3. The number of aromatic amines is 3. The number of alkyl halides is 9. The number of aromatic nitrogens is 3. The van der Waals surface area contributed by atoms with E-state index in [4.69, 9.17) is 17.2 Å². The van der Waals surface area contributed by atoms with Gasteiger partial charge in [-0.05, 0) is 223 Å². The third-order valence-electron chi connectivity index (χ3n) is 17.3. The molecule has 548 valence electrons. The number of unbranched alkanes of at least 4 members (excludes halogenated alkanes) is 3. The first-order chi connectivity index (χ1) is 48.9. The van der Waals surface area contributed by atoms with E-state index in [1.165, 1.54) is 36.4 Å². The topological polar surface area (TPSA) is 328 Å². The molecule has 9 aromatic rings. The third kappa shape index (κ3) is 21.5. The summed E-state index contributed by atoms with van der Waals surface area (Å²) in [4.78, 5) is 93.0. The standard InChI is InChI=1S/C73H79F9N12O9/c1-40-52(55-34-49(101-71(74,75)76)25-28-58(55)86-40)37-64(95)92-61(10-4-7-31-83)68(98)89-46-19-13-43(14-20-46)67(44-15-21-47(22-16-44)90-69(99)62(11-5-8-32-84)93-65(96)38-53-41(2)87-59-29-26-50(35-56(53)59)102-72(77,78)79)45-17-23-48(24-18-45)91-70(100)63(12-6-9-33-85)94-66(97)39-54-42(3)88-60-30-27-51(36-57(54)60)103-73(80,81)82/h13-30,34-36,61-63,67,86-88H,4-12,31-33,37-39,83-85H2,1-3H3,(H,89,98)(H,90,99)(H,91,100)(H,92,95)(H,93,96)(H,94,97)/t61-,62-,63-/m0/s1. The molecular formula is C73H79F9N12O9. The van der Waals surface area contributed by atoms with Gasteiger partial charge in [-0.1, -0.05) is 36.4 Å². The summed E-state index contributed by atoms with van der Waals surface area (Å²) >= 11 is 0. The zero-order valence-corrected chi connectivity index (χ0v) is 56.3. The number of fused-ring (bicyclic) bond motifs is 3. The van der Waals surface area contributed by atoms with E-state index in [0.717, 1.165) is 18.2 Å². The molecule has 0 fully saturated rings. The van der Waals surface area contributed by atoms with Crippen molar-refractivity contribution in [3.8, 4) is 17.2 Å². The van der Waals surface area contributed by atoms with E-state index in [2.05, 4.69) is 61.1 Å². The quantitative estimate of drug-likeness (QED) is 0.0104. The van der Waals surface area contributed by atoms with Crippen molar-refractivity contribution in [3.05, 3.63) is 178 Å². The van der Waals surface area contributed by atoms with Crippen LogP contribution in [0.25, 0.3) is 32.7 Å². The molecule has 15 N–H and O–H groups in total. The van der Waals surface area contributed by atoms with E-state index in [9.17, 15) is 68.3 Å². The SMILES string of the molecule is Cc1[nH]c2ccc(OC(F)(F)F)cc2c1CC(=O)N[C@@H](CCCCN)C(=O)Nc1ccc(C(c2ccc(NC(=O)[C@H](CCCCN)NC(=O)Cc3c(C)[nH]c4ccc(OC(F)(F)F)cc34)cc2)c2ccc(NC(=O)[C@H](CCCCN)NC(=O)Cc3c(C)[nH]c4ccc(OC(F)(F)F)cc34)cc2)cc1. The number of hydrogen-bond donors (Lipinski definition) is 12. The Labute approximate surface area is 585 Å². The maximum absolute atomic E-state index is 14.2. The van der Waals surface area contributed by atoms with Crippen LogP contribution in [-0.4, -0.2) is 107 Å². The maximum atomic E-state index is 14.2. The van der Waals surface area contributed by atoms with Crippen LogP contribution in [0.2, 0.25) is 0 Å². The Bertz CT molecular complexity index is 4010. The van der Waals surface area contributed by atoms with E-state index < -0.39 is 95.8 Å². The summed E-state index contributed by atoms with van der Waals surface area (Å²) in [6.07, 6.45) is -12.2. The number of halogens is 9. The highest BCUT2D eigenvalue weighted by molar-refractivity contribution is 6.01. The molecule has 0 saturated heterocycles. The molecule has 0 bridgehead atoms.